The van der Waals surface area contributed by atoms with Crippen molar-refractivity contribution >= 4 is 16.9 Å². The van der Waals surface area contributed by atoms with Gasteiger partial charge in [0.25, 0.3) is 0 Å². The highest BCUT2D eigenvalue weighted by Gasteiger charge is 2.16. The maximum Gasteiger partial charge on any atom is 0.242 e. The molecule has 0 aliphatic rings. The molecule has 1 N–H and O–H groups in total. The first-order valence-electron chi connectivity index (χ1n) is 9.42. The van der Waals surface area contributed by atoms with Crippen molar-refractivity contribution < 1.29 is 9.18 Å². The molecule has 0 spiro atoms. The number of carbonyl (C=O) groups is 1. The summed E-state index contributed by atoms with van der Waals surface area (Å²) < 4.78 is 16.7. The summed E-state index contributed by atoms with van der Waals surface area (Å²) in [6, 6.07) is 10.1. The van der Waals surface area contributed by atoms with Crippen LogP contribution in [-0.2, 0) is 24.4 Å². The summed E-state index contributed by atoms with van der Waals surface area (Å²) >= 11 is 0. The third-order valence-corrected chi connectivity index (χ3v) is 4.74. The molecule has 1 aromatic carbocycles. The Labute approximate surface area is 167 Å². The van der Waals surface area contributed by atoms with E-state index in [1.165, 1.54) is 12.1 Å². The lowest BCUT2D eigenvalue weighted by atomic mass is 10.0. The van der Waals surface area contributed by atoms with Gasteiger partial charge in [0.1, 0.15) is 12.4 Å². The first-order valence-corrected chi connectivity index (χ1v) is 9.42. The average molecular weight is 392 g/mol. The van der Waals surface area contributed by atoms with E-state index in [2.05, 4.69) is 20.5 Å². The number of pyridine rings is 1. The number of amides is 1. The van der Waals surface area contributed by atoms with Gasteiger partial charge in [0.15, 0.2) is 5.65 Å². The summed E-state index contributed by atoms with van der Waals surface area (Å²) in [6.07, 6.45) is 3.56. The summed E-state index contributed by atoms with van der Waals surface area (Å²) in [5, 5.41) is 12.6. The van der Waals surface area contributed by atoms with Gasteiger partial charge in [-0.3, -0.25) is 9.48 Å². The zero-order chi connectivity index (χ0) is 20.4. The van der Waals surface area contributed by atoms with Crippen molar-refractivity contribution in [2.24, 2.45) is 0 Å². The van der Waals surface area contributed by atoms with Crippen molar-refractivity contribution in [1.29, 1.82) is 0 Å². The monoisotopic (exact) mass is 392 g/mol. The van der Waals surface area contributed by atoms with Gasteiger partial charge in [-0.2, -0.15) is 10.2 Å². The fourth-order valence-electron chi connectivity index (χ4n) is 3.32. The molecule has 148 valence electrons. The minimum Gasteiger partial charge on any atom is -0.349 e. The van der Waals surface area contributed by atoms with Crippen LogP contribution in [0.1, 0.15) is 18.3 Å². The number of aromatic nitrogens is 5. The molecular formula is C21H21FN6O. The van der Waals surface area contributed by atoms with E-state index < -0.39 is 0 Å². The minimum absolute atomic E-state index is 0.0543. The first kappa shape index (κ1) is 18.8. The maximum atomic E-state index is 13.3. The Hall–Kier alpha value is -3.55. The summed E-state index contributed by atoms with van der Waals surface area (Å²) in [7, 11) is 0. The maximum absolute atomic E-state index is 13.3. The van der Waals surface area contributed by atoms with Gasteiger partial charge in [0.05, 0.1) is 17.9 Å². The zero-order valence-corrected chi connectivity index (χ0v) is 16.3. The molecule has 0 aliphatic carbocycles. The van der Waals surface area contributed by atoms with Crippen LogP contribution in [0.4, 0.5) is 4.39 Å². The van der Waals surface area contributed by atoms with E-state index in [0.29, 0.717) is 12.2 Å². The van der Waals surface area contributed by atoms with Gasteiger partial charge >= 0.3 is 0 Å². The molecule has 0 fully saturated rings. The first-order chi connectivity index (χ1) is 14.0. The average Bonchev–Trinajstić information content (AvgIpc) is 3.32. The van der Waals surface area contributed by atoms with Crippen LogP contribution in [0.5, 0.6) is 0 Å². The van der Waals surface area contributed by atoms with Crippen LogP contribution < -0.4 is 5.32 Å². The Morgan fingerprint density at radius 1 is 1.14 bits per heavy atom. The molecular weight excluding hydrogens is 371 g/mol. The Morgan fingerprint density at radius 3 is 2.66 bits per heavy atom. The van der Waals surface area contributed by atoms with Crippen LogP contribution in [0.3, 0.4) is 0 Å². The smallest absolute Gasteiger partial charge is 0.242 e. The number of rotatable bonds is 6. The molecule has 0 saturated carbocycles. The van der Waals surface area contributed by atoms with Gasteiger partial charge in [-0.25, -0.2) is 14.1 Å². The molecule has 8 heteroatoms. The molecule has 1 amide bonds. The third-order valence-electron chi connectivity index (χ3n) is 4.74. The molecule has 4 aromatic rings. The summed E-state index contributed by atoms with van der Waals surface area (Å²) in [5.74, 6) is -0.457. The lowest BCUT2D eigenvalue weighted by Crippen LogP contribution is -2.27. The van der Waals surface area contributed by atoms with E-state index in [0.717, 1.165) is 34.4 Å². The Balaban J connectivity index is 1.56. The largest absolute Gasteiger partial charge is 0.349 e. The molecule has 0 atom stereocenters. The Morgan fingerprint density at radius 2 is 1.93 bits per heavy atom. The highest BCUT2D eigenvalue weighted by molar-refractivity contribution is 5.95. The van der Waals surface area contributed by atoms with Gasteiger partial charge in [-0.1, -0.05) is 12.1 Å². The Kier molecular flexibility index (Phi) is 5.07. The van der Waals surface area contributed by atoms with Gasteiger partial charge in [0.2, 0.25) is 5.91 Å². The van der Waals surface area contributed by atoms with Crippen LogP contribution in [0.25, 0.3) is 22.2 Å². The van der Waals surface area contributed by atoms with Gasteiger partial charge in [-0.05, 0) is 49.2 Å². The predicted molar refractivity (Wildman–Crippen MR) is 107 cm³/mol. The van der Waals surface area contributed by atoms with E-state index in [9.17, 15) is 9.18 Å². The molecule has 3 aromatic heterocycles. The third kappa shape index (κ3) is 3.87. The fourth-order valence-corrected chi connectivity index (χ4v) is 3.32. The van der Waals surface area contributed by atoms with E-state index in [4.69, 9.17) is 0 Å². The second kappa shape index (κ2) is 7.83. The van der Waals surface area contributed by atoms with E-state index >= 15 is 0 Å². The standard InChI is InChI=1S/C21H21FN6O/c1-3-27-11-9-17(26-27)12-24-19(29)13-28-21-20(14(2)25-28)18(8-10-23-21)15-4-6-16(22)7-5-15/h4-11H,3,12-13H2,1-2H3,(H,24,29). The number of nitrogens with one attached hydrogen (secondary N) is 1. The van der Waals surface area contributed by atoms with Gasteiger partial charge in [0, 0.05) is 24.3 Å². The zero-order valence-electron chi connectivity index (χ0n) is 16.3. The molecule has 29 heavy (non-hydrogen) atoms. The van der Waals surface area contributed by atoms with Crippen molar-refractivity contribution in [3.8, 4) is 11.1 Å². The summed E-state index contributed by atoms with van der Waals surface area (Å²) in [4.78, 5) is 16.9. The van der Waals surface area contributed by atoms with Crippen molar-refractivity contribution in [2.75, 3.05) is 0 Å². The molecule has 0 aliphatic heterocycles. The lowest BCUT2D eigenvalue weighted by molar-refractivity contribution is -0.121. The normalized spacial score (nSPS) is 11.1. The van der Waals surface area contributed by atoms with Crippen molar-refractivity contribution in [2.45, 2.75) is 33.5 Å². The van der Waals surface area contributed by atoms with E-state index in [-0.39, 0.29) is 18.3 Å². The number of fused-ring (bicyclic) bond motifs is 1. The minimum atomic E-state index is -0.285. The topological polar surface area (TPSA) is 77.6 Å². The second-order valence-corrected chi connectivity index (χ2v) is 6.75. The number of carbonyl (C=O) groups excluding carboxylic acids is 1. The molecule has 0 unspecified atom stereocenters. The van der Waals surface area contributed by atoms with Gasteiger partial charge < -0.3 is 5.32 Å². The molecule has 4 rings (SSSR count). The number of aryl methyl sites for hydroxylation is 2. The molecule has 0 radical (unpaired) electrons. The summed E-state index contributed by atoms with van der Waals surface area (Å²) in [5.41, 5.74) is 3.97. The molecule has 0 saturated heterocycles. The lowest BCUT2D eigenvalue weighted by Gasteiger charge is -2.06. The van der Waals surface area contributed by atoms with Gasteiger partial charge in [-0.15, -0.1) is 0 Å². The van der Waals surface area contributed by atoms with Crippen LogP contribution in [0.15, 0.2) is 48.8 Å². The number of hydrogen-bond donors (Lipinski definition) is 1. The number of benzene rings is 1. The SMILES string of the molecule is CCn1ccc(CNC(=O)Cn2nc(C)c3c(-c4ccc(F)cc4)ccnc32)n1. The van der Waals surface area contributed by atoms with E-state index in [1.807, 2.05) is 36.9 Å². The predicted octanol–water partition coefficient (Wildman–Crippen LogP) is 3.08. The van der Waals surface area contributed by atoms with Crippen LogP contribution in [0.2, 0.25) is 0 Å². The molecule has 7 nitrogen and oxygen atoms in total. The number of nitrogens with zero attached hydrogens (tertiary/aromatic N) is 5. The fraction of sp³-hybridized carbons (Fsp3) is 0.238. The quantitative estimate of drug-likeness (QED) is 0.547. The summed E-state index contributed by atoms with van der Waals surface area (Å²) in [6.45, 7) is 5.09. The van der Waals surface area contributed by atoms with Crippen LogP contribution in [-0.4, -0.2) is 30.5 Å². The van der Waals surface area contributed by atoms with E-state index in [1.54, 1.807) is 23.0 Å². The molecule has 0 bridgehead atoms. The number of hydrogen-bond acceptors (Lipinski definition) is 4. The Bertz CT molecular complexity index is 1160. The van der Waals surface area contributed by atoms with Crippen molar-refractivity contribution in [3.05, 3.63) is 66.0 Å². The molecule has 3 heterocycles. The van der Waals surface area contributed by atoms with Crippen LogP contribution >= 0.6 is 0 Å². The van der Waals surface area contributed by atoms with Crippen molar-refractivity contribution in [1.82, 2.24) is 29.9 Å². The highest BCUT2D eigenvalue weighted by Crippen LogP contribution is 2.29. The van der Waals surface area contributed by atoms with Crippen molar-refractivity contribution in [3.63, 3.8) is 0 Å². The highest BCUT2D eigenvalue weighted by atomic mass is 19.1. The van der Waals surface area contributed by atoms with Crippen LogP contribution in [0, 0.1) is 12.7 Å². The second-order valence-electron chi connectivity index (χ2n) is 6.75. The number of halogens is 1.